The van der Waals surface area contributed by atoms with Crippen LogP contribution in [-0.2, 0) is 12.8 Å². The molecule has 6 heterocycles. The van der Waals surface area contributed by atoms with Crippen LogP contribution in [0.2, 0.25) is 0 Å². The number of ether oxygens (including phenoxy) is 2. The number of amides is 1. The van der Waals surface area contributed by atoms with Gasteiger partial charge in [0.15, 0.2) is 0 Å². The van der Waals surface area contributed by atoms with Crippen LogP contribution >= 0.6 is 0 Å². The summed E-state index contributed by atoms with van der Waals surface area (Å²) in [5.74, 6) is 2.24. The van der Waals surface area contributed by atoms with Crippen LogP contribution in [0, 0.1) is 13.8 Å². The van der Waals surface area contributed by atoms with E-state index in [0.29, 0.717) is 24.5 Å². The predicted molar refractivity (Wildman–Crippen MR) is 191 cm³/mol. The van der Waals surface area contributed by atoms with Crippen LogP contribution in [0.15, 0.2) is 70.0 Å². The van der Waals surface area contributed by atoms with E-state index in [1.165, 1.54) is 12.4 Å². The number of H-pyrrole nitrogens is 2. The lowest BCUT2D eigenvalue weighted by Crippen LogP contribution is -2.29. The number of aromatic carboxylic acids is 1. The first-order valence-electron chi connectivity index (χ1n) is 16.4. The lowest BCUT2D eigenvalue weighted by molar-refractivity contribution is 0.0695. The van der Waals surface area contributed by atoms with Gasteiger partial charge in [-0.2, -0.15) is 10.2 Å². The fraction of sp³-hybridized carbons (Fsp3) is 0.297. The zero-order valence-electron chi connectivity index (χ0n) is 28.5. The molecule has 6 aromatic rings. The highest BCUT2D eigenvalue weighted by Gasteiger charge is 2.27. The first kappa shape index (κ1) is 37.0. The van der Waals surface area contributed by atoms with Crippen molar-refractivity contribution >= 4 is 11.9 Å². The number of aromatic amines is 2. The van der Waals surface area contributed by atoms with E-state index in [-0.39, 0.29) is 31.0 Å². The molecule has 0 unspecified atom stereocenters. The molecule has 2 aliphatic heterocycles. The van der Waals surface area contributed by atoms with Gasteiger partial charge in [-0.05, 0) is 26.0 Å². The zero-order chi connectivity index (χ0) is 36.1. The molecule has 0 aliphatic carbocycles. The lowest BCUT2D eigenvalue weighted by Gasteiger charge is -2.11. The van der Waals surface area contributed by atoms with Crippen molar-refractivity contribution in [3.8, 4) is 34.0 Å². The van der Waals surface area contributed by atoms with Gasteiger partial charge in [-0.15, -0.1) is 0 Å². The average molecular weight is 711 g/mol. The van der Waals surface area contributed by atoms with E-state index in [1.807, 2.05) is 69.3 Å². The van der Waals surface area contributed by atoms with Crippen molar-refractivity contribution in [2.24, 2.45) is 5.73 Å². The van der Waals surface area contributed by atoms with E-state index in [9.17, 15) is 9.59 Å². The number of aryl methyl sites for hydroxylation is 4. The van der Waals surface area contributed by atoms with E-state index in [2.05, 4.69) is 36.0 Å². The third-order valence-electron chi connectivity index (χ3n) is 8.47. The Kier molecular flexibility index (Phi) is 11.5. The number of carboxylic acid groups (broad SMARTS) is 1. The van der Waals surface area contributed by atoms with E-state index in [4.69, 9.17) is 29.4 Å². The van der Waals surface area contributed by atoms with E-state index in [0.717, 1.165) is 75.2 Å². The molecule has 0 bridgehead atoms. The molecule has 52 heavy (non-hydrogen) atoms. The minimum atomic E-state index is -0.943. The summed E-state index contributed by atoms with van der Waals surface area (Å²) < 4.78 is 21.7. The molecule has 2 aromatic carbocycles. The number of carboxylic acids is 1. The third kappa shape index (κ3) is 8.05. The Balaban J connectivity index is 0.000000167. The minimum Gasteiger partial charge on any atom is -0.491 e. The maximum Gasteiger partial charge on any atom is 0.339 e. The van der Waals surface area contributed by atoms with Crippen molar-refractivity contribution in [3.05, 3.63) is 106 Å². The second-order valence-corrected chi connectivity index (χ2v) is 11.9. The summed E-state index contributed by atoms with van der Waals surface area (Å²) in [5, 5.41) is 32.2. The molecule has 6 N–H and O–H groups in total. The number of nitrogens with two attached hydrogens (primary N) is 1. The first-order chi connectivity index (χ1) is 24.6. The molecule has 0 fully saturated rings. The number of nitrogens with zero attached hydrogens (tertiary/aromatic N) is 4. The molecular weight excluding hydrogens is 668 g/mol. The first-order valence-corrected chi connectivity index (χ1v) is 16.4. The smallest absolute Gasteiger partial charge is 0.339 e. The predicted octanol–water partition coefficient (Wildman–Crippen LogP) is 6.15. The Bertz CT molecular complexity index is 2150. The van der Waals surface area contributed by atoms with Crippen molar-refractivity contribution in [1.82, 2.24) is 36.0 Å². The summed E-state index contributed by atoms with van der Waals surface area (Å²) in [6.45, 7) is 8.49. The molecule has 15 nitrogen and oxygen atoms in total. The van der Waals surface area contributed by atoms with Gasteiger partial charge in [-0.25, -0.2) is 4.79 Å². The van der Waals surface area contributed by atoms with Crippen LogP contribution in [0.25, 0.3) is 22.5 Å². The molecule has 1 amide bonds. The van der Waals surface area contributed by atoms with Crippen LogP contribution in [0.4, 0.5) is 0 Å². The molecule has 2 atom stereocenters. The van der Waals surface area contributed by atoms with Crippen LogP contribution in [0.3, 0.4) is 0 Å². The van der Waals surface area contributed by atoms with Gasteiger partial charge >= 0.3 is 5.97 Å². The van der Waals surface area contributed by atoms with Gasteiger partial charge in [0.2, 0.25) is 0 Å². The molecule has 2 aliphatic rings. The topological polar surface area (TPSA) is 220 Å². The van der Waals surface area contributed by atoms with Crippen molar-refractivity contribution in [3.63, 3.8) is 0 Å². The Morgan fingerprint density at radius 2 is 1.33 bits per heavy atom. The highest BCUT2D eigenvalue weighted by molar-refractivity contribution is 5.95. The number of carbonyl (C=O) groups excluding carboxylic acids is 1. The van der Waals surface area contributed by atoms with Gasteiger partial charge in [-0.3, -0.25) is 15.0 Å². The Hall–Kier alpha value is -6.22. The minimum absolute atomic E-state index is 0. The molecule has 0 spiro atoms. The number of aromatic nitrogens is 6. The van der Waals surface area contributed by atoms with E-state index >= 15 is 0 Å². The number of rotatable bonds is 7. The fourth-order valence-electron chi connectivity index (χ4n) is 5.50. The Morgan fingerprint density at radius 1 is 0.808 bits per heavy atom. The Labute approximate surface area is 299 Å². The quantitative estimate of drug-likeness (QED) is 0.126. The van der Waals surface area contributed by atoms with Gasteiger partial charge in [-0.1, -0.05) is 55.9 Å². The SMILES string of the molecule is C.CCc1cc(-c2ccc3c(c2)OC[C@H]3N)no1.CCc1cc(-c2ccc3c(c2)OC[C@H]3NC(=O)c2cn[nH]c2C)no1.Cc1[nH]ncc1C(=O)O. The van der Waals surface area contributed by atoms with Crippen molar-refractivity contribution in [2.75, 3.05) is 13.2 Å². The number of hydrogen-bond donors (Lipinski definition) is 5. The maximum absolute atomic E-state index is 12.4. The molecule has 0 saturated heterocycles. The van der Waals surface area contributed by atoms with Crippen molar-refractivity contribution < 1.29 is 33.2 Å². The van der Waals surface area contributed by atoms with Crippen LogP contribution in [-0.4, -0.2) is 60.9 Å². The monoisotopic (exact) mass is 710 g/mol. The van der Waals surface area contributed by atoms with Gasteiger partial charge in [0.1, 0.15) is 53.2 Å². The standard InChI is InChI=1S/C18H18N4O3.C13H14N2O2.C5H6N2O2.CH4/c1-3-12-7-15(22-25-12)11-4-5-13-16(9-24-17(13)6-11)20-18(23)14-8-19-21-10(14)2;1-2-9-6-12(15-17-9)8-3-4-10-11(14)7-16-13(10)5-8;1-3-4(5(8)9)2-6-7-3;/h4-8,16H,3,9H2,1-2H3,(H,19,21)(H,20,23);3-6,11H,2,7,14H2,1H3;2H,1H3,(H,6,7)(H,8,9);1H4/t16-;11-;;/m11../s1. The van der Waals surface area contributed by atoms with Crippen LogP contribution < -0.4 is 20.5 Å². The van der Waals surface area contributed by atoms with Crippen molar-refractivity contribution in [2.45, 2.75) is 60.0 Å². The number of benzene rings is 2. The summed E-state index contributed by atoms with van der Waals surface area (Å²) >= 11 is 0. The summed E-state index contributed by atoms with van der Waals surface area (Å²) in [4.78, 5) is 22.6. The van der Waals surface area contributed by atoms with Crippen LogP contribution in [0.1, 0.15) is 88.1 Å². The molecule has 0 radical (unpaired) electrons. The van der Waals surface area contributed by atoms with Gasteiger partial charge < -0.3 is 34.7 Å². The molecule has 15 heteroatoms. The maximum atomic E-state index is 12.4. The largest absolute Gasteiger partial charge is 0.491 e. The summed E-state index contributed by atoms with van der Waals surface area (Å²) in [7, 11) is 0. The summed E-state index contributed by atoms with van der Waals surface area (Å²) in [6.07, 6.45) is 4.47. The number of nitrogens with one attached hydrogen (secondary N) is 3. The molecule has 272 valence electrons. The Morgan fingerprint density at radius 3 is 1.81 bits per heavy atom. The van der Waals surface area contributed by atoms with Crippen molar-refractivity contribution in [1.29, 1.82) is 0 Å². The van der Waals surface area contributed by atoms with Gasteiger partial charge in [0.25, 0.3) is 5.91 Å². The second-order valence-electron chi connectivity index (χ2n) is 11.9. The third-order valence-corrected chi connectivity index (χ3v) is 8.47. The lowest BCUT2D eigenvalue weighted by atomic mass is 10.0. The fourth-order valence-corrected chi connectivity index (χ4v) is 5.50. The number of hydrogen-bond acceptors (Lipinski definition) is 11. The van der Waals surface area contributed by atoms with Gasteiger partial charge in [0, 0.05) is 58.6 Å². The summed E-state index contributed by atoms with van der Waals surface area (Å²) in [6, 6.07) is 15.5. The van der Waals surface area contributed by atoms with E-state index in [1.54, 1.807) is 6.92 Å². The molecular formula is C37H42N8O7. The van der Waals surface area contributed by atoms with E-state index < -0.39 is 5.97 Å². The second kappa shape index (κ2) is 16.2. The average Bonchev–Trinajstić information content (AvgIpc) is 3.99. The van der Waals surface area contributed by atoms with Gasteiger partial charge in [0.05, 0.1) is 30.0 Å². The highest BCUT2D eigenvalue weighted by Crippen LogP contribution is 2.36. The molecule has 0 saturated carbocycles. The zero-order valence-corrected chi connectivity index (χ0v) is 28.5. The molecule has 4 aromatic heterocycles. The number of carbonyl (C=O) groups is 2. The van der Waals surface area contributed by atoms with Crippen LogP contribution in [0.5, 0.6) is 11.5 Å². The number of fused-ring (bicyclic) bond motifs is 2. The normalized spacial score (nSPS) is 15.0. The molecule has 8 rings (SSSR count). The highest BCUT2D eigenvalue weighted by atomic mass is 16.5. The summed E-state index contributed by atoms with van der Waals surface area (Å²) in [5.41, 5.74) is 13.6.